The molecular formula is C15H16O2. The van der Waals surface area contributed by atoms with Crippen molar-refractivity contribution in [2.75, 3.05) is 0 Å². The third kappa shape index (κ3) is 2.16. The molecule has 2 rings (SSSR count). The van der Waals surface area contributed by atoms with Crippen molar-refractivity contribution in [3.63, 3.8) is 0 Å². The fraction of sp³-hybridized carbons (Fsp3) is 0.267. The molecule has 1 aromatic carbocycles. The molecule has 1 heterocycles. The molecule has 0 amide bonds. The van der Waals surface area contributed by atoms with Gasteiger partial charge in [-0.15, -0.1) is 0 Å². The SMILES string of the molecule is CCc1occc1C(=O)c1cc(C)ccc1C. The van der Waals surface area contributed by atoms with Crippen LogP contribution in [0.1, 0.15) is 39.7 Å². The predicted molar refractivity (Wildman–Crippen MR) is 67.4 cm³/mol. The number of ketones is 1. The summed E-state index contributed by atoms with van der Waals surface area (Å²) in [6.45, 7) is 5.93. The Morgan fingerprint density at radius 2 is 1.94 bits per heavy atom. The van der Waals surface area contributed by atoms with Crippen LogP contribution in [0.3, 0.4) is 0 Å². The van der Waals surface area contributed by atoms with Crippen molar-refractivity contribution in [3.8, 4) is 0 Å². The average molecular weight is 228 g/mol. The monoisotopic (exact) mass is 228 g/mol. The van der Waals surface area contributed by atoms with Crippen LogP contribution in [0, 0.1) is 13.8 Å². The fourth-order valence-corrected chi connectivity index (χ4v) is 1.94. The summed E-state index contributed by atoms with van der Waals surface area (Å²) in [6, 6.07) is 7.68. The fourth-order valence-electron chi connectivity index (χ4n) is 1.94. The van der Waals surface area contributed by atoms with E-state index in [0.717, 1.165) is 28.9 Å². The molecule has 0 unspecified atom stereocenters. The summed E-state index contributed by atoms with van der Waals surface area (Å²) in [5.74, 6) is 0.813. The van der Waals surface area contributed by atoms with Crippen LogP contribution in [0.25, 0.3) is 0 Å². The van der Waals surface area contributed by atoms with Crippen molar-refractivity contribution in [2.24, 2.45) is 0 Å². The van der Waals surface area contributed by atoms with Gasteiger partial charge in [0, 0.05) is 12.0 Å². The van der Waals surface area contributed by atoms with Crippen molar-refractivity contribution in [1.82, 2.24) is 0 Å². The van der Waals surface area contributed by atoms with Gasteiger partial charge < -0.3 is 4.42 Å². The molecule has 2 heteroatoms. The minimum atomic E-state index is 0.0526. The molecule has 0 atom stereocenters. The van der Waals surface area contributed by atoms with Crippen LogP contribution in [0.4, 0.5) is 0 Å². The lowest BCUT2D eigenvalue weighted by Crippen LogP contribution is -2.05. The molecule has 0 aliphatic heterocycles. The maximum Gasteiger partial charge on any atom is 0.196 e. The zero-order valence-electron chi connectivity index (χ0n) is 10.4. The second kappa shape index (κ2) is 4.58. The molecule has 0 radical (unpaired) electrons. The maximum atomic E-state index is 12.4. The first-order valence-corrected chi connectivity index (χ1v) is 5.81. The second-order valence-corrected chi connectivity index (χ2v) is 4.26. The first-order valence-electron chi connectivity index (χ1n) is 5.81. The molecule has 2 nitrogen and oxygen atoms in total. The van der Waals surface area contributed by atoms with E-state index < -0.39 is 0 Å². The Labute approximate surface area is 101 Å². The summed E-state index contributed by atoms with van der Waals surface area (Å²) >= 11 is 0. The summed E-state index contributed by atoms with van der Waals surface area (Å²) < 4.78 is 5.31. The van der Waals surface area contributed by atoms with E-state index in [0.29, 0.717) is 5.56 Å². The van der Waals surface area contributed by atoms with Crippen LogP contribution in [-0.4, -0.2) is 5.78 Å². The van der Waals surface area contributed by atoms with Crippen LogP contribution in [0.15, 0.2) is 34.9 Å². The summed E-state index contributed by atoms with van der Waals surface area (Å²) in [6.07, 6.45) is 2.32. The van der Waals surface area contributed by atoms with Crippen molar-refractivity contribution in [3.05, 3.63) is 58.5 Å². The maximum absolute atomic E-state index is 12.4. The first kappa shape index (κ1) is 11.6. The molecule has 1 aromatic heterocycles. The van der Waals surface area contributed by atoms with E-state index in [2.05, 4.69) is 0 Å². The predicted octanol–water partition coefficient (Wildman–Crippen LogP) is 3.69. The smallest absolute Gasteiger partial charge is 0.196 e. The standard InChI is InChI=1S/C15H16O2/c1-4-14-12(7-8-17-14)15(16)13-9-10(2)5-6-11(13)3/h5-9H,4H2,1-3H3. The Morgan fingerprint density at radius 3 is 2.65 bits per heavy atom. The van der Waals surface area contributed by atoms with Gasteiger partial charge in [-0.25, -0.2) is 0 Å². The van der Waals surface area contributed by atoms with Crippen LogP contribution < -0.4 is 0 Å². The molecule has 0 aliphatic carbocycles. The highest BCUT2D eigenvalue weighted by Crippen LogP contribution is 2.19. The molecule has 17 heavy (non-hydrogen) atoms. The van der Waals surface area contributed by atoms with Crippen molar-refractivity contribution in [2.45, 2.75) is 27.2 Å². The van der Waals surface area contributed by atoms with Gasteiger partial charge in [0.05, 0.1) is 11.8 Å². The van der Waals surface area contributed by atoms with Gasteiger partial charge in [0.15, 0.2) is 5.78 Å². The topological polar surface area (TPSA) is 30.2 Å². The van der Waals surface area contributed by atoms with Gasteiger partial charge in [0.1, 0.15) is 5.76 Å². The Morgan fingerprint density at radius 1 is 1.18 bits per heavy atom. The van der Waals surface area contributed by atoms with Gasteiger partial charge in [0.2, 0.25) is 0 Å². The summed E-state index contributed by atoms with van der Waals surface area (Å²) in [7, 11) is 0. The lowest BCUT2D eigenvalue weighted by Gasteiger charge is -2.05. The van der Waals surface area contributed by atoms with Gasteiger partial charge in [-0.2, -0.15) is 0 Å². The second-order valence-electron chi connectivity index (χ2n) is 4.26. The van der Waals surface area contributed by atoms with Crippen LogP contribution >= 0.6 is 0 Å². The Kier molecular flexibility index (Phi) is 3.14. The molecule has 0 saturated carbocycles. The lowest BCUT2D eigenvalue weighted by atomic mass is 9.97. The molecular weight excluding hydrogens is 212 g/mol. The number of rotatable bonds is 3. The lowest BCUT2D eigenvalue weighted by molar-refractivity contribution is 0.103. The number of hydrogen-bond donors (Lipinski definition) is 0. The third-order valence-corrected chi connectivity index (χ3v) is 2.95. The van der Waals surface area contributed by atoms with Crippen molar-refractivity contribution in [1.29, 1.82) is 0 Å². The molecule has 0 bridgehead atoms. The Hall–Kier alpha value is -1.83. The third-order valence-electron chi connectivity index (χ3n) is 2.95. The van der Waals surface area contributed by atoms with E-state index in [-0.39, 0.29) is 5.78 Å². The van der Waals surface area contributed by atoms with Crippen molar-refractivity contribution < 1.29 is 9.21 Å². The number of hydrogen-bond acceptors (Lipinski definition) is 2. The summed E-state index contributed by atoms with van der Waals surface area (Å²) in [5.41, 5.74) is 3.55. The minimum Gasteiger partial charge on any atom is -0.469 e. The number of benzene rings is 1. The number of carbonyl (C=O) groups is 1. The van der Waals surface area contributed by atoms with E-state index in [4.69, 9.17) is 4.42 Å². The number of aryl methyl sites for hydroxylation is 3. The van der Waals surface area contributed by atoms with Gasteiger partial charge in [0.25, 0.3) is 0 Å². The van der Waals surface area contributed by atoms with Crippen molar-refractivity contribution >= 4 is 5.78 Å². The van der Waals surface area contributed by atoms with E-state index in [1.54, 1.807) is 12.3 Å². The van der Waals surface area contributed by atoms with Gasteiger partial charge in [-0.1, -0.05) is 24.6 Å². The molecule has 0 spiro atoms. The largest absolute Gasteiger partial charge is 0.469 e. The highest BCUT2D eigenvalue weighted by Gasteiger charge is 2.17. The Balaban J connectivity index is 2.47. The number of furan rings is 1. The zero-order valence-corrected chi connectivity index (χ0v) is 10.4. The van der Waals surface area contributed by atoms with Gasteiger partial charge in [-0.05, 0) is 31.5 Å². The van der Waals surface area contributed by atoms with E-state index in [9.17, 15) is 4.79 Å². The molecule has 0 saturated heterocycles. The normalized spacial score (nSPS) is 10.5. The minimum absolute atomic E-state index is 0.0526. The van der Waals surface area contributed by atoms with E-state index in [1.165, 1.54) is 0 Å². The highest BCUT2D eigenvalue weighted by molar-refractivity contribution is 6.10. The molecule has 2 aromatic rings. The Bertz CT molecular complexity index is 550. The van der Waals surface area contributed by atoms with Crippen LogP contribution in [0.5, 0.6) is 0 Å². The molecule has 0 fully saturated rings. The molecule has 88 valence electrons. The van der Waals surface area contributed by atoms with E-state index in [1.807, 2.05) is 39.0 Å². The van der Waals surface area contributed by atoms with Gasteiger partial charge >= 0.3 is 0 Å². The number of carbonyl (C=O) groups excluding carboxylic acids is 1. The summed E-state index contributed by atoms with van der Waals surface area (Å²) in [4.78, 5) is 12.4. The highest BCUT2D eigenvalue weighted by atomic mass is 16.3. The quantitative estimate of drug-likeness (QED) is 0.750. The molecule has 0 aliphatic rings. The van der Waals surface area contributed by atoms with Gasteiger partial charge in [-0.3, -0.25) is 4.79 Å². The molecule has 0 N–H and O–H groups in total. The summed E-state index contributed by atoms with van der Waals surface area (Å²) in [5, 5.41) is 0. The van der Waals surface area contributed by atoms with Crippen LogP contribution in [0.2, 0.25) is 0 Å². The zero-order chi connectivity index (χ0) is 12.4. The first-order chi connectivity index (χ1) is 8.13. The van der Waals surface area contributed by atoms with E-state index >= 15 is 0 Å². The average Bonchev–Trinajstić information content (AvgIpc) is 2.79. The van der Waals surface area contributed by atoms with Crippen LogP contribution in [-0.2, 0) is 6.42 Å².